The number of hydrogen-bond donors (Lipinski definition) is 1. The molecule has 0 aliphatic heterocycles. The number of carbonyl (C=O) groups excluding carboxylic acids is 1. The number of nitrogens with one attached hydrogen (secondary N) is 1. The minimum Gasteiger partial charge on any atom is -0.494 e. The summed E-state index contributed by atoms with van der Waals surface area (Å²) in [4.78, 5) is 13.8. The van der Waals surface area contributed by atoms with Crippen molar-refractivity contribution in [3.05, 3.63) is 71.8 Å². The van der Waals surface area contributed by atoms with E-state index >= 15 is 0 Å². The van der Waals surface area contributed by atoms with Gasteiger partial charge in [0.2, 0.25) is 5.91 Å². The molecule has 0 aromatic heterocycles. The Kier molecular flexibility index (Phi) is 10.4. The van der Waals surface area contributed by atoms with Gasteiger partial charge in [0.25, 0.3) is 10.0 Å². The molecule has 8 nitrogen and oxygen atoms in total. The number of ether oxygens (including phenoxy) is 3. The molecule has 0 unspecified atom stereocenters. The van der Waals surface area contributed by atoms with Crippen LogP contribution in [0.2, 0.25) is 5.02 Å². The number of hydrogen-bond acceptors (Lipinski definition) is 7. The summed E-state index contributed by atoms with van der Waals surface area (Å²) in [5.74, 6) is 1.43. The topological polar surface area (TPSA) is 94.2 Å². The molecule has 0 fully saturated rings. The number of methoxy groups -OCH3 is 2. The lowest BCUT2D eigenvalue weighted by molar-refractivity contribution is -0.119. The smallest absolute Gasteiger partial charge is 0.264 e. The minimum absolute atomic E-state index is 0.0369. The maximum atomic E-state index is 13.7. The highest BCUT2D eigenvalue weighted by Gasteiger charge is 2.28. The number of anilines is 1. The molecule has 3 aromatic rings. The summed E-state index contributed by atoms with van der Waals surface area (Å²) in [6, 6.07) is 18.2. The fourth-order valence-corrected chi connectivity index (χ4v) is 5.70. The monoisotopic (exact) mass is 564 g/mol. The van der Waals surface area contributed by atoms with E-state index in [-0.39, 0.29) is 10.6 Å². The molecule has 0 saturated heterocycles. The first-order chi connectivity index (χ1) is 17.8. The van der Waals surface area contributed by atoms with Crippen LogP contribution in [0.15, 0.2) is 76.5 Å². The second kappa shape index (κ2) is 13.5. The van der Waals surface area contributed by atoms with E-state index in [2.05, 4.69) is 5.32 Å². The van der Waals surface area contributed by atoms with E-state index < -0.39 is 22.5 Å². The van der Waals surface area contributed by atoms with Crippen LogP contribution in [0.25, 0.3) is 0 Å². The van der Waals surface area contributed by atoms with Gasteiger partial charge in [-0.25, -0.2) is 8.42 Å². The van der Waals surface area contributed by atoms with Gasteiger partial charge in [-0.05, 0) is 67.6 Å². The molecule has 1 N–H and O–H groups in total. The Balaban J connectivity index is 1.79. The number of sulfonamides is 1. The summed E-state index contributed by atoms with van der Waals surface area (Å²) in [7, 11) is -1.24. The first kappa shape index (κ1) is 28.5. The molecular weight excluding hydrogens is 536 g/mol. The van der Waals surface area contributed by atoms with E-state index in [1.807, 2.05) is 19.1 Å². The summed E-state index contributed by atoms with van der Waals surface area (Å²) >= 11 is 7.47. The molecular formula is C26H29ClN2O6S2. The Hall–Kier alpha value is -3.08. The zero-order valence-electron chi connectivity index (χ0n) is 20.8. The molecule has 0 bridgehead atoms. The molecule has 0 spiro atoms. The van der Waals surface area contributed by atoms with Crippen molar-refractivity contribution in [1.29, 1.82) is 0 Å². The molecule has 1 amide bonds. The summed E-state index contributed by atoms with van der Waals surface area (Å²) in [6.07, 6.45) is 0. The average molecular weight is 565 g/mol. The second-order valence-electron chi connectivity index (χ2n) is 7.61. The van der Waals surface area contributed by atoms with Crippen LogP contribution in [0.5, 0.6) is 17.2 Å². The molecule has 11 heteroatoms. The molecule has 3 aromatic carbocycles. The van der Waals surface area contributed by atoms with Crippen LogP contribution in [-0.4, -0.2) is 54.0 Å². The van der Waals surface area contributed by atoms with Gasteiger partial charge in [0, 0.05) is 28.3 Å². The molecule has 0 heterocycles. The standard InChI is InChI=1S/C26H29ClN2O6S2/c1-4-35-21-9-7-20(8-10-21)29(37(31,32)23-13-14-24(33-2)25(17-23)34-3)18-26(30)28-15-16-36-22-11-5-19(27)6-12-22/h5-14,17H,4,15-16,18H2,1-3H3,(H,28,30). The molecule has 0 aliphatic rings. The zero-order valence-corrected chi connectivity index (χ0v) is 23.2. The van der Waals surface area contributed by atoms with Gasteiger partial charge < -0.3 is 19.5 Å². The summed E-state index contributed by atoms with van der Waals surface area (Å²) in [5, 5.41) is 3.45. The van der Waals surface area contributed by atoms with E-state index in [0.717, 1.165) is 9.20 Å². The van der Waals surface area contributed by atoms with Gasteiger partial charge in [0.05, 0.1) is 31.4 Å². The predicted molar refractivity (Wildman–Crippen MR) is 147 cm³/mol. The van der Waals surface area contributed by atoms with Crippen LogP contribution < -0.4 is 23.8 Å². The van der Waals surface area contributed by atoms with Crippen LogP contribution in [0.1, 0.15) is 6.92 Å². The van der Waals surface area contributed by atoms with E-state index in [1.54, 1.807) is 48.2 Å². The Morgan fingerprint density at radius 1 is 0.973 bits per heavy atom. The third kappa shape index (κ3) is 7.70. The van der Waals surface area contributed by atoms with Crippen molar-refractivity contribution in [2.75, 3.05) is 44.0 Å². The van der Waals surface area contributed by atoms with Gasteiger partial charge in [-0.15, -0.1) is 11.8 Å². The van der Waals surface area contributed by atoms with Gasteiger partial charge in [-0.1, -0.05) is 11.6 Å². The number of rotatable bonds is 13. The van der Waals surface area contributed by atoms with Crippen LogP contribution in [0.4, 0.5) is 5.69 Å². The van der Waals surface area contributed by atoms with Gasteiger partial charge in [0.15, 0.2) is 11.5 Å². The van der Waals surface area contributed by atoms with Crippen molar-refractivity contribution in [2.45, 2.75) is 16.7 Å². The Bertz CT molecular complexity index is 1290. The molecule has 3 rings (SSSR count). The highest BCUT2D eigenvalue weighted by molar-refractivity contribution is 7.99. The summed E-state index contributed by atoms with van der Waals surface area (Å²) < 4.78 is 44.4. The maximum absolute atomic E-state index is 13.7. The fourth-order valence-electron chi connectivity index (χ4n) is 3.37. The molecule has 0 aliphatic carbocycles. The minimum atomic E-state index is -4.13. The number of benzene rings is 3. The predicted octanol–water partition coefficient (Wildman–Crippen LogP) is 4.86. The lowest BCUT2D eigenvalue weighted by Gasteiger charge is -2.24. The average Bonchev–Trinajstić information content (AvgIpc) is 2.91. The van der Waals surface area contributed by atoms with Crippen LogP contribution in [0, 0.1) is 0 Å². The highest BCUT2D eigenvalue weighted by Crippen LogP contribution is 2.32. The first-order valence-corrected chi connectivity index (χ1v) is 14.2. The Labute approximate surface area is 226 Å². The largest absolute Gasteiger partial charge is 0.494 e. The van der Waals surface area contributed by atoms with Gasteiger partial charge in [0.1, 0.15) is 12.3 Å². The van der Waals surface area contributed by atoms with Crippen molar-refractivity contribution in [3.8, 4) is 17.2 Å². The van der Waals surface area contributed by atoms with Crippen molar-refractivity contribution in [3.63, 3.8) is 0 Å². The van der Waals surface area contributed by atoms with Crippen LogP contribution >= 0.6 is 23.4 Å². The van der Waals surface area contributed by atoms with Crippen LogP contribution in [0.3, 0.4) is 0 Å². The highest BCUT2D eigenvalue weighted by atomic mass is 35.5. The van der Waals surface area contributed by atoms with E-state index in [4.69, 9.17) is 25.8 Å². The number of carbonyl (C=O) groups is 1. The van der Waals surface area contributed by atoms with Crippen molar-refractivity contribution in [1.82, 2.24) is 5.32 Å². The maximum Gasteiger partial charge on any atom is 0.264 e. The molecule has 0 atom stereocenters. The molecule has 37 heavy (non-hydrogen) atoms. The number of nitrogens with zero attached hydrogens (tertiary/aromatic N) is 1. The number of thioether (sulfide) groups is 1. The summed E-state index contributed by atoms with van der Waals surface area (Å²) in [5.41, 5.74) is 0.323. The van der Waals surface area contributed by atoms with Crippen molar-refractivity contribution >= 4 is 45.0 Å². The molecule has 0 radical (unpaired) electrons. The van der Waals surface area contributed by atoms with E-state index in [9.17, 15) is 13.2 Å². The second-order valence-corrected chi connectivity index (χ2v) is 11.1. The first-order valence-electron chi connectivity index (χ1n) is 11.4. The Morgan fingerprint density at radius 3 is 2.27 bits per heavy atom. The normalized spacial score (nSPS) is 11.0. The van der Waals surface area contributed by atoms with E-state index in [1.165, 1.54) is 32.4 Å². The lowest BCUT2D eigenvalue weighted by atomic mass is 10.3. The van der Waals surface area contributed by atoms with Crippen molar-refractivity contribution in [2.24, 2.45) is 0 Å². The fraction of sp³-hybridized carbons (Fsp3) is 0.269. The van der Waals surface area contributed by atoms with Gasteiger partial charge in [-0.3, -0.25) is 9.10 Å². The molecule has 198 valence electrons. The van der Waals surface area contributed by atoms with Gasteiger partial charge in [-0.2, -0.15) is 0 Å². The number of halogens is 1. The molecule has 0 saturated carbocycles. The lowest BCUT2D eigenvalue weighted by Crippen LogP contribution is -2.41. The summed E-state index contributed by atoms with van der Waals surface area (Å²) in [6.45, 7) is 2.29. The van der Waals surface area contributed by atoms with Crippen LogP contribution in [-0.2, 0) is 14.8 Å². The SMILES string of the molecule is CCOc1ccc(N(CC(=O)NCCSc2ccc(Cl)cc2)S(=O)(=O)c2ccc(OC)c(OC)c2)cc1. The third-order valence-electron chi connectivity index (χ3n) is 5.17. The van der Waals surface area contributed by atoms with E-state index in [0.29, 0.717) is 41.1 Å². The van der Waals surface area contributed by atoms with Gasteiger partial charge >= 0.3 is 0 Å². The zero-order chi connectivity index (χ0) is 26.8. The quantitative estimate of drug-likeness (QED) is 0.234. The Morgan fingerprint density at radius 2 is 1.65 bits per heavy atom. The van der Waals surface area contributed by atoms with Crippen molar-refractivity contribution < 1.29 is 27.4 Å². The number of amides is 1. The third-order valence-corrected chi connectivity index (χ3v) is 8.21.